The van der Waals surface area contributed by atoms with E-state index in [0.29, 0.717) is 22.2 Å². The molecule has 0 heterocycles. The molecule has 1 atom stereocenters. The minimum absolute atomic E-state index is 0.349. The summed E-state index contributed by atoms with van der Waals surface area (Å²) in [5.74, 6) is -2.58. The molecule has 0 bridgehead atoms. The predicted molar refractivity (Wildman–Crippen MR) is 127 cm³/mol. The van der Waals surface area contributed by atoms with Gasteiger partial charge in [-0.05, 0) is 35.9 Å². The van der Waals surface area contributed by atoms with Gasteiger partial charge in [0, 0.05) is 22.7 Å². The number of anilines is 2. The Balaban J connectivity index is 1.86. The van der Waals surface area contributed by atoms with Gasteiger partial charge in [-0.2, -0.15) is 13.2 Å². The normalized spacial score (nSPS) is 12.2. The van der Waals surface area contributed by atoms with Gasteiger partial charge in [-0.25, -0.2) is 4.79 Å². The van der Waals surface area contributed by atoms with Crippen LogP contribution in [0.15, 0.2) is 95.9 Å². The van der Waals surface area contributed by atoms with Crippen molar-refractivity contribution in [2.24, 2.45) is 0 Å². The number of aliphatic carboxylic acids is 1. The van der Waals surface area contributed by atoms with Crippen LogP contribution in [0.4, 0.5) is 24.5 Å². The molecule has 0 radical (unpaired) electrons. The molecule has 0 fully saturated rings. The average molecular weight is 500 g/mol. The van der Waals surface area contributed by atoms with Crippen LogP contribution >= 0.6 is 11.8 Å². The first-order valence-electron chi connectivity index (χ1n) is 10.1. The molecule has 180 valence electrons. The van der Waals surface area contributed by atoms with Crippen molar-refractivity contribution in [3.63, 3.8) is 0 Å². The number of alkyl halides is 3. The highest BCUT2D eigenvalue weighted by Gasteiger charge is 2.34. The minimum atomic E-state index is -4.64. The van der Waals surface area contributed by atoms with Crippen molar-refractivity contribution in [3.05, 3.63) is 102 Å². The molecule has 35 heavy (non-hydrogen) atoms. The molecule has 3 rings (SSSR count). The van der Waals surface area contributed by atoms with E-state index in [9.17, 15) is 27.6 Å². The third-order valence-electron chi connectivity index (χ3n) is 4.56. The summed E-state index contributed by atoms with van der Waals surface area (Å²) < 4.78 is 40.2. The van der Waals surface area contributed by atoms with Crippen LogP contribution in [0.1, 0.15) is 16.4 Å². The molecule has 0 aliphatic heterocycles. The molecule has 3 aromatic carbocycles. The molecule has 2 amide bonds. The van der Waals surface area contributed by atoms with Crippen molar-refractivity contribution in [3.8, 4) is 0 Å². The highest BCUT2D eigenvalue weighted by molar-refractivity contribution is 8.00. The number of amides is 2. The van der Waals surface area contributed by atoms with Crippen LogP contribution in [-0.2, 0) is 20.6 Å². The molecule has 6 nitrogen and oxygen atoms in total. The summed E-state index contributed by atoms with van der Waals surface area (Å²) in [5.41, 5.74) is -0.384. The maximum atomic E-state index is 13.4. The van der Waals surface area contributed by atoms with Gasteiger partial charge < -0.3 is 15.7 Å². The van der Waals surface area contributed by atoms with E-state index in [1.807, 2.05) is 0 Å². The van der Waals surface area contributed by atoms with E-state index in [1.54, 1.807) is 54.6 Å². The minimum Gasteiger partial charge on any atom is -0.478 e. The standard InChI is InChI=1S/C25H19F3N2O4S/c26-25(27,28)19-11-4-5-12-20(19)30-24(34)23(16-7-2-1-3-8-16)35-18-10-6-9-17(15-18)29-21(31)13-14-22(32)33/h1-15,23H,(H,29,31)(H,30,34)(H,32,33)/b14-13+. The summed E-state index contributed by atoms with van der Waals surface area (Å²) >= 11 is 1.09. The molecular weight excluding hydrogens is 481 g/mol. The van der Waals surface area contributed by atoms with Gasteiger partial charge in [0.25, 0.3) is 0 Å². The molecule has 0 aliphatic carbocycles. The van der Waals surface area contributed by atoms with E-state index in [1.165, 1.54) is 18.2 Å². The third-order valence-corrected chi connectivity index (χ3v) is 5.81. The van der Waals surface area contributed by atoms with Crippen LogP contribution < -0.4 is 10.6 Å². The van der Waals surface area contributed by atoms with Gasteiger partial charge in [-0.15, -0.1) is 11.8 Å². The lowest BCUT2D eigenvalue weighted by Crippen LogP contribution is -2.21. The van der Waals surface area contributed by atoms with Crippen LogP contribution in [0.3, 0.4) is 0 Å². The van der Waals surface area contributed by atoms with Crippen molar-refractivity contribution >= 4 is 40.9 Å². The lowest BCUT2D eigenvalue weighted by atomic mass is 10.1. The first-order valence-corrected chi connectivity index (χ1v) is 11.0. The second-order valence-corrected chi connectivity index (χ2v) is 8.31. The number of rotatable bonds is 8. The Bertz CT molecular complexity index is 1250. The number of benzene rings is 3. The van der Waals surface area contributed by atoms with Crippen LogP contribution in [0.25, 0.3) is 0 Å². The predicted octanol–water partition coefficient (Wildman–Crippen LogP) is 5.76. The number of carboxylic acids is 1. The molecule has 1 unspecified atom stereocenters. The SMILES string of the molecule is O=C(O)/C=C/C(=O)Nc1cccc(SC(C(=O)Nc2ccccc2C(F)(F)F)c2ccccc2)c1. The smallest absolute Gasteiger partial charge is 0.418 e. The highest BCUT2D eigenvalue weighted by Crippen LogP contribution is 2.39. The van der Waals surface area contributed by atoms with E-state index in [2.05, 4.69) is 10.6 Å². The Kier molecular flexibility index (Phi) is 8.32. The van der Waals surface area contributed by atoms with Crippen LogP contribution in [0.2, 0.25) is 0 Å². The summed E-state index contributed by atoms with van der Waals surface area (Å²) in [4.78, 5) is 36.2. The summed E-state index contributed by atoms with van der Waals surface area (Å²) in [6, 6.07) is 19.7. The molecular formula is C25H19F3N2O4S. The second kappa shape index (κ2) is 11.4. The van der Waals surface area contributed by atoms with Crippen molar-refractivity contribution in [2.75, 3.05) is 10.6 Å². The number of halogens is 3. The molecule has 3 aromatic rings. The Labute approximate surface area is 202 Å². The van der Waals surface area contributed by atoms with Crippen molar-refractivity contribution in [1.29, 1.82) is 0 Å². The summed E-state index contributed by atoms with van der Waals surface area (Å²) in [5, 5.41) is 12.6. The third kappa shape index (κ3) is 7.47. The largest absolute Gasteiger partial charge is 0.478 e. The van der Waals surface area contributed by atoms with Gasteiger partial charge >= 0.3 is 12.1 Å². The fraction of sp³-hybridized carbons (Fsp3) is 0.0800. The number of thioether (sulfide) groups is 1. The summed E-state index contributed by atoms with van der Waals surface area (Å²) in [6.07, 6.45) is -3.08. The molecule has 0 aliphatic rings. The fourth-order valence-corrected chi connectivity index (χ4v) is 4.14. The fourth-order valence-electron chi connectivity index (χ4n) is 3.05. The van der Waals surface area contributed by atoms with Crippen molar-refractivity contribution in [2.45, 2.75) is 16.3 Å². The Hall–Kier alpha value is -4.05. The number of carbonyl (C=O) groups excluding carboxylic acids is 2. The number of carbonyl (C=O) groups is 3. The Morgan fingerprint density at radius 3 is 2.23 bits per heavy atom. The highest BCUT2D eigenvalue weighted by atomic mass is 32.2. The number of para-hydroxylation sites is 1. The van der Waals surface area contributed by atoms with Gasteiger partial charge in [0.1, 0.15) is 5.25 Å². The van der Waals surface area contributed by atoms with E-state index in [4.69, 9.17) is 5.11 Å². The summed E-state index contributed by atoms with van der Waals surface area (Å²) in [7, 11) is 0. The first-order chi connectivity index (χ1) is 16.6. The van der Waals surface area contributed by atoms with Gasteiger partial charge in [-0.1, -0.05) is 48.5 Å². The quantitative estimate of drug-likeness (QED) is 0.270. The van der Waals surface area contributed by atoms with Crippen molar-refractivity contribution in [1.82, 2.24) is 0 Å². The maximum Gasteiger partial charge on any atom is 0.418 e. The van der Waals surface area contributed by atoms with Gasteiger partial charge in [0.05, 0.1) is 11.3 Å². The molecule has 0 spiro atoms. The topological polar surface area (TPSA) is 95.5 Å². The average Bonchev–Trinajstić information content (AvgIpc) is 2.81. The Morgan fingerprint density at radius 1 is 0.857 bits per heavy atom. The molecule has 0 saturated carbocycles. The molecule has 10 heteroatoms. The molecule has 3 N–H and O–H groups in total. The van der Waals surface area contributed by atoms with Crippen molar-refractivity contribution < 1.29 is 32.7 Å². The summed E-state index contributed by atoms with van der Waals surface area (Å²) in [6.45, 7) is 0. The van der Waals surface area contributed by atoms with Crippen LogP contribution in [0.5, 0.6) is 0 Å². The zero-order valence-corrected chi connectivity index (χ0v) is 18.8. The zero-order chi connectivity index (χ0) is 25.4. The number of hydrogen-bond acceptors (Lipinski definition) is 4. The lowest BCUT2D eigenvalue weighted by Gasteiger charge is -2.19. The van der Waals surface area contributed by atoms with E-state index >= 15 is 0 Å². The van der Waals surface area contributed by atoms with Crippen LogP contribution in [-0.4, -0.2) is 22.9 Å². The van der Waals surface area contributed by atoms with Crippen LogP contribution in [0, 0.1) is 0 Å². The monoisotopic (exact) mass is 500 g/mol. The van der Waals surface area contributed by atoms with Gasteiger partial charge in [-0.3, -0.25) is 9.59 Å². The molecule has 0 aromatic heterocycles. The van der Waals surface area contributed by atoms with Gasteiger partial charge in [0.2, 0.25) is 11.8 Å². The number of carboxylic acid groups (broad SMARTS) is 1. The number of hydrogen-bond donors (Lipinski definition) is 3. The maximum absolute atomic E-state index is 13.4. The number of nitrogens with one attached hydrogen (secondary N) is 2. The first kappa shape index (κ1) is 25.6. The molecule has 0 saturated heterocycles. The van der Waals surface area contributed by atoms with Gasteiger partial charge in [0.15, 0.2) is 0 Å². The van der Waals surface area contributed by atoms with E-state index in [-0.39, 0.29) is 5.69 Å². The second-order valence-electron chi connectivity index (χ2n) is 7.13. The van der Waals surface area contributed by atoms with E-state index < -0.39 is 34.8 Å². The van der Waals surface area contributed by atoms with E-state index in [0.717, 1.165) is 23.9 Å². The zero-order valence-electron chi connectivity index (χ0n) is 18.0. The Morgan fingerprint density at radius 2 is 1.54 bits per heavy atom. The lowest BCUT2D eigenvalue weighted by molar-refractivity contribution is -0.137.